The maximum absolute atomic E-state index is 15.7. The molecule has 1 amide bonds. The molecule has 1 aliphatic heterocycles. The van der Waals surface area contributed by atoms with Crippen LogP contribution in [0.1, 0.15) is 65.1 Å². The number of hydrogen-bond acceptors (Lipinski definition) is 3. The van der Waals surface area contributed by atoms with Gasteiger partial charge in [-0.2, -0.15) is 5.26 Å². The predicted molar refractivity (Wildman–Crippen MR) is 145 cm³/mol. The lowest BCUT2D eigenvalue weighted by atomic mass is 9.63. The van der Waals surface area contributed by atoms with Gasteiger partial charge in [-0.05, 0) is 54.3 Å². The van der Waals surface area contributed by atoms with Gasteiger partial charge in [0.25, 0.3) is 5.91 Å². The average Bonchev–Trinajstić information content (AvgIpc) is 3.18. The molecule has 0 bridgehead atoms. The number of amides is 1. The Labute approximate surface area is 235 Å². The topological polar surface area (TPSA) is 81.4 Å². The van der Waals surface area contributed by atoms with Crippen LogP contribution in [0.3, 0.4) is 0 Å². The highest BCUT2D eigenvalue weighted by Crippen LogP contribution is 2.56. The molecule has 3 aromatic rings. The Balaban J connectivity index is 2.01. The summed E-state index contributed by atoms with van der Waals surface area (Å²) in [6, 6.07) is 14.7. The van der Waals surface area contributed by atoms with Gasteiger partial charge in [0.05, 0.1) is 22.7 Å². The van der Waals surface area contributed by atoms with Crippen molar-refractivity contribution in [3.8, 4) is 6.07 Å². The first-order valence-corrected chi connectivity index (χ1v) is 13.0. The second kappa shape index (κ2) is 10.6. The van der Waals surface area contributed by atoms with Crippen LogP contribution in [0.15, 0.2) is 60.7 Å². The first kappa shape index (κ1) is 28.5. The van der Waals surface area contributed by atoms with Crippen LogP contribution in [0.2, 0.25) is 10.0 Å². The number of aromatic carboxylic acids is 1. The molecule has 202 valence electrons. The molecule has 4 rings (SSSR count). The summed E-state index contributed by atoms with van der Waals surface area (Å²) in [6.07, 6.45) is 0.406. The van der Waals surface area contributed by atoms with E-state index in [1.807, 2.05) is 20.8 Å². The fraction of sp³-hybridized carbons (Fsp3) is 0.300. The van der Waals surface area contributed by atoms with Gasteiger partial charge in [-0.15, -0.1) is 0 Å². The molecule has 0 radical (unpaired) electrons. The molecule has 1 N–H and O–H groups in total. The molecule has 1 saturated heterocycles. The van der Waals surface area contributed by atoms with E-state index in [0.29, 0.717) is 6.42 Å². The van der Waals surface area contributed by atoms with E-state index in [2.05, 4.69) is 6.07 Å². The molecule has 3 atom stereocenters. The molecular weight excluding hydrogens is 545 g/mol. The van der Waals surface area contributed by atoms with Crippen molar-refractivity contribution in [1.82, 2.24) is 4.90 Å². The first-order valence-electron chi connectivity index (χ1n) is 12.2. The van der Waals surface area contributed by atoms with Gasteiger partial charge in [-0.1, -0.05) is 62.2 Å². The van der Waals surface area contributed by atoms with E-state index in [0.717, 1.165) is 6.07 Å². The standard InChI is InChI=1S/C30H26Cl2F2N2O3/c1-29(2,3)14-19-15-36(27(37)17-7-9-18(10-8-17)28(38)39)26(21-5-4-6-23(32)25(21)34)30(19,16-35)22-12-11-20(31)13-24(22)33/h4-13,19,26H,14-15H2,1-3H3,(H,38,39). The van der Waals surface area contributed by atoms with E-state index in [-0.39, 0.29) is 44.3 Å². The highest BCUT2D eigenvalue weighted by molar-refractivity contribution is 6.31. The Kier molecular flexibility index (Phi) is 7.75. The van der Waals surface area contributed by atoms with E-state index in [9.17, 15) is 20.0 Å². The molecular formula is C30H26Cl2F2N2O3. The van der Waals surface area contributed by atoms with E-state index in [4.69, 9.17) is 23.2 Å². The SMILES string of the molecule is CC(C)(C)CC1CN(C(=O)c2ccc(C(=O)O)cc2)C(c2cccc(Cl)c2F)C1(C#N)c1ccc(Cl)cc1F. The zero-order valence-corrected chi connectivity index (χ0v) is 23.0. The molecule has 1 fully saturated rings. The van der Waals surface area contributed by atoms with Gasteiger partial charge in [0.15, 0.2) is 0 Å². The maximum Gasteiger partial charge on any atom is 0.335 e. The Hall–Kier alpha value is -3.47. The van der Waals surface area contributed by atoms with Crippen LogP contribution in [-0.4, -0.2) is 28.4 Å². The summed E-state index contributed by atoms with van der Waals surface area (Å²) >= 11 is 12.2. The Morgan fingerprint density at radius 3 is 2.28 bits per heavy atom. The minimum atomic E-state index is -1.70. The van der Waals surface area contributed by atoms with Crippen molar-refractivity contribution in [2.24, 2.45) is 11.3 Å². The molecule has 1 heterocycles. The summed E-state index contributed by atoms with van der Waals surface area (Å²) in [5, 5.41) is 20.1. The number of carboxylic acids is 1. The summed E-state index contributed by atoms with van der Waals surface area (Å²) in [7, 11) is 0. The van der Waals surface area contributed by atoms with Crippen LogP contribution < -0.4 is 0 Å². The summed E-state index contributed by atoms with van der Waals surface area (Å²) in [4.78, 5) is 26.7. The number of benzene rings is 3. The lowest BCUT2D eigenvalue weighted by Gasteiger charge is -2.38. The van der Waals surface area contributed by atoms with Gasteiger partial charge in [0.1, 0.15) is 17.0 Å². The third kappa shape index (κ3) is 5.24. The third-order valence-corrected chi connectivity index (χ3v) is 7.67. The van der Waals surface area contributed by atoms with Gasteiger partial charge >= 0.3 is 5.97 Å². The number of nitrogens with zero attached hydrogens (tertiary/aromatic N) is 2. The number of hydrogen-bond donors (Lipinski definition) is 1. The number of carbonyl (C=O) groups is 2. The first-order chi connectivity index (χ1) is 18.3. The van der Waals surface area contributed by atoms with Gasteiger partial charge < -0.3 is 10.0 Å². The van der Waals surface area contributed by atoms with Crippen LogP contribution in [0.4, 0.5) is 8.78 Å². The molecule has 3 unspecified atom stereocenters. The average molecular weight is 571 g/mol. The van der Waals surface area contributed by atoms with Crippen molar-refractivity contribution in [1.29, 1.82) is 5.26 Å². The lowest BCUT2D eigenvalue weighted by Crippen LogP contribution is -2.41. The van der Waals surface area contributed by atoms with Gasteiger partial charge in [0.2, 0.25) is 0 Å². The highest BCUT2D eigenvalue weighted by atomic mass is 35.5. The van der Waals surface area contributed by atoms with Crippen LogP contribution in [0.25, 0.3) is 0 Å². The Bertz CT molecular complexity index is 1480. The third-order valence-electron chi connectivity index (χ3n) is 7.14. The van der Waals surface area contributed by atoms with Crippen LogP contribution in [0.5, 0.6) is 0 Å². The molecule has 9 heteroatoms. The molecule has 0 saturated carbocycles. The number of carboxylic acid groups (broad SMARTS) is 1. The number of halogens is 4. The molecule has 0 spiro atoms. The largest absolute Gasteiger partial charge is 0.478 e. The fourth-order valence-corrected chi connectivity index (χ4v) is 5.93. The maximum atomic E-state index is 15.7. The lowest BCUT2D eigenvalue weighted by molar-refractivity contribution is 0.0689. The van der Waals surface area contributed by atoms with E-state index in [1.165, 1.54) is 59.5 Å². The molecule has 0 aromatic heterocycles. The highest BCUT2D eigenvalue weighted by Gasteiger charge is 2.60. The van der Waals surface area contributed by atoms with Crippen molar-refractivity contribution in [3.05, 3.63) is 105 Å². The van der Waals surface area contributed by atoms with Crippen LogP contribution in [-0.2, 0) is 5.41 Å². The minimum Gasteiger partial charge on any atom is -0.478 e. The zero-order chi connectivity index (χ0) is 28.7. The summed E-state index contributed by atoms with van der Waals surface area (Å²) in [6.45, 7) is 5.93. The van der Waals surface area contributed by atoms with E-state index in [1.54, 1.807) is 0 Å². The van der Waals surface area contributed by atoms with Gasteiger partial charge in [-0.25, -0.2) is 13.6 Å². The Morgan fingerprint density at radius 1 is 1.08 bits per heavy atom. The van der Waals surface area contributed by atoms with Crippen molar-refractivity contribution >= 4 is 35.1 Å². The van der Waals surface area contributed by atoms with Crippen molar-refractivity contribution in [3.63, 3.8) is 0 Å². The second-order valence-electron chi connectivity index (χ2n) is 11.0. The molecule has 39 heavy (non-hydrogen) atoms. The van der Waals surface area contributed by atoms with Crippen molar-refractivity contribution in [2.75, 3.05) is 6.54 Å². The molecule has 5 nitrogen and oxygen atoms in total. The number of likely N-dealkylation sites (tertiary alicyclic amines) is 1. The summed E-state index contributed by atoms with van der Waals surface area (Å²) in [5.74, 6) is -3.87. The fourth-order valence-electron chi connectivity index (χ4n) is 5.59. The van der Waals surface area contributed by atoms with E-state index >= 15 is 8.78 Å². The van der Waals surface area contributed by atoms with Crippen LogP contribution in [0, 0.1) is 34.3 Å². The predicted octanol–water partition coefficient (Wildman–Crippen LogP) is 7.68. The molecule has 1 aliphatic rings. The minimum absolute atomic E-state index is 0.00421. The number of nitriles is 1. The van der Waals surface area contributed by atoms with E-state index < -0.39 is 40.9 Å². The smallest absolute Gasteiger partial charge is 0.335 e. The number of rotatable bonds is 5. The van der Waals surface area contributed by atoms with Crippen molar-refractivity contribution in [2.45, 2.75) is 38.6 Å². The summed E-state index contributed by atoms with van der Waals surface area (Å²) in [5.41, 5.74) is -1.92. The Morgan fingerprint density at radius 2 is 1.72 bits per heavy atom. The number of carbonyl (C=O) groups excluding carboxylic acids is 1. The quantitative estimate of drug-likeness (QED) is 0.341. The van der Waals surface area contributed by atoms with Crippen LogP contribution >= 0.6 is 23.2 Å². The zero-order valence-electron chi connectivity index (χ0n) is 21.5. The summed E-state index contributed by atoms with van der Waals surface area (Å²) < 4.78 is 31.4. The second-order valence-corrected chi connectivity index (χ2v) is 11.8. The van der Waals surface area contributed by atoms with Gasteiger partial charge in [-0.3, -0.25) is 4.79 Å². The molecule has 3 aromatic carbocycles. The normalized spacial score (nSPS) is 21.0. The molecule has 0 aliphatic carbocycles. The monoisotopic (exact) mass is 570 g/mol. The van der Waals surface area contributed by atoms with Gasteiger partial charge in [0, 0.05) is 34.2 Å². The van der Waals surface area contributed by atoms with Crippen molar-refractivity contribution < 1.29 is 23.5 Å².